The van der Waals surface area contributed by atoms with Crippen LogP contribution in [-0.4, -0.2) is 19.2 Å². The Morgan fingerprint density at radius 1 is 1.44 bits per heavy atom. The number of nitrogens with one attached hydrogen (secondary N) is 1. The second-order valence-electron chi connectivity index (χ2n) is 3.29. The maximum Gasteiger partial charge on any atom is 0.397 e. The van der Waals surface area contributed by atoms with E-state index in [-0.39, 0.29) is 23.8 Å². The quantitative estimate of drug-likeness (QED) is 0.839. The van der Waals surface area contributed by atoms with E-state index in [4.69, 9.17) is 10.5 Å². The molecule has 3 N–H and O–H groups in total. The Balaban J connectivity index is 0.00000289. The number of ether oxygens (including phenoxy) is 1. The van der Waals surface area contributed by atoms with Crippen molar-refractivity contribution >= 4 is 29.7 Å². The van der Waals surface area contributed by atoms with Crippen molar-refractivity contribution in [3.63, 3.8) is 0 Å². The Kier molecular flexibility index (Phi) is 5.77. The van der Waals surface area contributed by atoms with Crippen LogP contribution in [-0.2, 0) is 4.79 Å². The van der Waals surface area contributed by atoms with Gasteiger partial charge in [0, 0.05) is 6.07 Å². The molecule has 0 unspecified atom stereocenters. The third kappa shape index (κ3) is 5.13. The predicted molar refractivity (Wildman–Crippen MR) is 64.0 cm³/mol. The zero-order valence-electron chi connectivity index (χ0n) is 9.38. The molecule has 1 amide bonds. The van der Waals surface area contributed by atoms with Gasteiger partial charge in [-0.15, -0.1) is 12.4 Å². The highest BCUT2D eigenvalue weighted by Gasteiger charge is 2.31. The van der Waals surface area contributed by atoms with Crippen LogP contribution in [0, 0.1) is 0 Å². The van der Waals surface area contributed by atoms with Gasteiger partial charge >= 0.3 is 6.18 Å². The monoisotopic (exact) mass is 284 g/mol. The highest BCUT2D eigenvalue weighted by Crippen LogP contribution is 2.26. The maximum absolute atomic E-state index is 11.9. The van der Waals surface area contributed by atoms with Gasteiger partial charge in [0.05, 0.1) is 18.5 Å². The summed E-state index contributed by atoms with van der Waals surface area (Å²) in [5.41, 5.74) is 5.77. The number of benzene rings is 1. The molecule has 102 valence electrons. The van der Waals surface area contributed by atoms with Gasteiger partial charge in [0.1, 0.15) is 12.2 Å². The summed E-state index contributed by atoms with van der Waals surface area (Å²) in [6.07, 6.45) is -6.10. The van der Waals surface area contributed by atoms with E-state index < -0.39 is 18.5 Å². The van der Waals surface area contributed by atoms with Crippen molar-refractivity contribution < 1.29 is 22.7 Å². The van der Waals surface area contributed by atoms with E-state index in [0.29, 0.717) is 5.75 Å². The van der Waals surface area contributed by atoms with E-state index in [0.717, 1.165) is 0 Å². The van der Waals surface area contributed by atoms with Crippen molar-refractivity contribution in [1.29, 1.82) is 0 Å². The number of methoxy groups -OCH3 is 1. The highest BCUT2D eigenvalue weighted by molar-refractivity contribution is 5.94. The standard InChI is InChI=1S/C10H11F3N2O2.ClH/c1-17-6-2-3-7(14)8(4-6)15-9(16)5-10(11,12)13;/h2-4H,5,14H2,1H3,(H,15,16);1H. The molecule has 1 aromatic carbocycles. The molecule has 1 rings (SSSR count). The lowest BCUT2D eigenvalue weighted by atomic mass is 10.2. The number of alkyl halides is 3. The molecule has 0 fully saturated rings. The summed E-state index contributed by atoms with van der Waals surface area (Å²) >= 11 is 0. The molecular weight excluding hydrogens is 273 g/mol. The van der Waals surface area contributed by atoms with Crippen molar-refractivity contribution in [2.24, 2.45) is 0 Å². The van der Waals surface area contributed by atoms with Crippen LogP contribution >= 0.6 is 12.4 Å². The van der Waals surface area contributed by atoms with Crippen molar-refractivity contribution in [1.82, 2.24) is 0 Å². The van der Waals surface area contributed by atoms with Crippen molar-refractivity contribution in [3.05, 3.63) is 18.2 Å². The number of rotatable bonds is 3. The average Bonchev–Trinajstić information content (AvgIpc) is 2.18. The largest absolute Gasteiger partial charge is 0.497 e. The number of hydrogen-bond donors (Lipinski definition) is 2. The van der Waals surface area contributed by atoms with Gasteiger partial charge in [-0.3, -0.25) is 4.79 Å². The fraction of sp³-hybridized carbons (Fsp3) is 0.300. The predicted octanol–water partition coefficient (Wildman–Crippen LogP) is 2.59. The molecule has 0 spiro atoms. The van der Waals surface area contributed by atoms with Crippen LogP contribution < -0.4 is 15.8 Å². The summed E-state index contributed by atoms with van der Waals surface area (Å²) in [5, 5.41) is 2.08. The second kappa shape index (κ2) is 6.34. The molecule has 8 heteroatoms. The average molecular weight is 285 g/mol. The number of amides is 1. The van der Waals surface area contributed by atoms with E-state index in [2.05, 4.69) is 5.32 Å². The van der Waals surface area contributed by atoms with Gasteiger partial charge in [0.2, 0.25) is 5.91 Å². The minimum absolute atomic E-state index is 0. The molecule has 18 heavy (non-hydrogen) atoms. The first kappa shape index (κ1) is 16.4. The molecule has 0 aliphatic rings. The van der Waals surface area contributed by atoms with Crippen LogP contribution in [0.15, 0.2) is 18.2 Å². The van der Waals surface area contributed by atoms with Gasteiger partial charge in [0.15, 0.2) is 0 Å². The van der Waals surface area contributed by atoms with E-state index >= 15 is 0 Å². The fourth-order valence-electron chi connectivity index (χ4n) is 1.15. The lowest BCUT2D eigenvalue weighted by molar-refractivity contribution is -0.150. The molecule has 4 nitrogen and oxygen atoms in total. The van der Waals surface area contributed by atoms with Crippen LogP contribution in [0.1, 0.15) is 6.42 Å². The first-order chi connectivity index (χ1) is 7.81. The Morgan fingerprint density at radius 2 is 2.06 bits per heavy atom. The molecule has 0 radical (unpaired) electrons. The number of nitrogen functional groups attached to an aromatic ring is 1. The number of carbonyl (C=O) groups excluding carboxylic acids is 1. The first-order valence-electron chi connectivity index (χ1n) is 4.62. The van der Waals surface area contributed by atoms with E-state index in [1.54, 1.807) is 0 Å². The zero-order valence-corrected chi connectivity index (χ0v) is 10.2. The summed E-state index contributed by atoms with van der Waals surface area (Å²) in [7, 11) is 1.40. The lowest BCUT2D eigenvalue weighted by Crippen LogP contribution is -2.21. The number of carbonyl (C=O) groups is 1. The smallest absolute Gasteiger partial charge is 0.397 e. The third-order valence-corrected chi connectivity index (χ3v) is 1.90. The summed E-state index contributed by atoms with van der Waals surface area (Å²) in [6, 6.07) is 4.32. The Bertz CT molecular complexity index is 424. The highest BCUT2D eigenvalue weighted by atomic mass is 35.5. The Morgan fingerprint density at radius 3 is 2.56 bits per heavy atom. The number of hydrogen-bond acceptors (Lipinski definition) is 3. The maximum atomic E-state index is 11.9. The second-order valence-corrected chi connectivity index (χ2v) is 3.29. The summed E-state index contributed by atoms with van der Waals surface area (Å²) in [6.45, 7) is 0. The van der Waals surface area contributed by atoms with E-state index in [1.807, 2.05) is 0 Å². The third-order valence-electron chi connectivity index (χ3n) is 1.90. The summed E-state index contributed by atoms with van der Waals surface area (Å²) < 4.78 is 40.7. The van der Waals surface area contributed by atoms with E-state index in [1.165, 1.54) is 25.3 Å². The van der Waals surface area contributed by atoms with Crippen LogP contribution in [0.25, 0.3) is 0 Å². The lowest BCUT2D eigenvalue weighted by Gasteiger charge is -2.11. The Labute approximate surface area is 108 Å². The van der Waals surface area contributed by atoms with Crippen LogP contribution in [0.5, 0.6) is 5.75 Å². The number of halogens is 4. The molecule has 0 heterocycles. The molecule has 0 bridgehead atoms. The van der Waals surface area contributed by atoms with Gasteiger partial charge in [0.25, 0.3) is 0 Å². The van der Waals surface area contributed by atoms with Crippen LogP contribution in [0.2, 0.25) is 0 Å². The van der Waals surface area contributed by atoms with E-state index in [9.17, 15) is 18.0 Å². The molecule has 0 aromatic heterocycles. The molecular formula is C10H12ClF3N2O2. The molecule has 0 saturated carbocycles. The van der Waals surface area contributed by atoms with Gasteiger partial charge in [-0.05, 0) is 12.1 Å². The zero-order chi connectivity index (χ0) is 13.1. The topological polar surface area (TPSA) is 64.3 Å². The van der Waals surface area contributed by atoms with Gasteiger partial charge in [-0.25, -0.2) is 0 Å². The SMILES string of the molecule is COc1ccc(N)c(NC(=O)CC(F)(F)F)c1.Cl. The summed E-state index contributed by atoms with van der Waals surface area (Å²) in [4.78, 5) is 11.1. The van der Waals surface area contributed by atoms with Gasteiger partial charge < -0.3 is 15.8 Å². The summed E-state index contributed by atoms with van der Waals surface area (Å²) in [5.74, 6) is -0.779. The van der Waals surface area contributed by atoms with Crippen molar-refractivity contribution in [2.45, 2.75) is 12.6 Å². The normalized spacial score (nSPS) is 10.4. The molecule has 1 aromatic rings. The minimum Gasteiger partial charge on any atom is -0.497 e. The molecule has 0 saturated heterocycles. The number of nitrogens with two attached hydrogens (primary N) is 1. The molecule has 0 aliphatic carbocycles. The molecule has 0 aliphatic heterocycles. The van der Waals surface area contributed by atoms with Gasteiger partial charge in [-0.2, -0.15) is 13.2 Å². The van der Waals surface area contributed by atoms with Gasteiger partial charge in [-0.1, -0.05) is 0 Å². The fourth-order valence-corrected chi connectivity index (χ4v) is 1.15. The number of anilines is 2. The minimum atomic E-state index is -4.54. The van der Waals surface area contributed by atoms with Crippen LogP contribution in [0.3, 0.4) is 0 Å². The Hall–Kier alpha value is -1.63. The van der Waals surface area contributed by atoms with Crippen molar-refractivity contribution in [3.8, 4) is 5.75 Å². The molecule has 0 atom stereocenters. The van der Waals surface area contributed by atoms with Crippen molar-refractivity contribution in [2.75, 3.05) is 18.2 Å². The first-order valence-corrected chi connectivity index (χ1v) is 4.62. The van der Waals surface area contributed by atoms with Crippen LogP contribution in [0.4, 0.5) is 24.5 Å².